The molecule has 0 radical (unpaired) electrons. The second-order valence-corrected chi connectivity index (χ2v) is 25.0. The lowest BCUT2D eigenvalue weighted by molar-refractivity contribution is 0.0871. The molecule has 0 saturated heterocycles. The quantitative estimate of drug-likeness (QED) is 0.124. The van der Waals surface area contributed by atoms with Gasteiger partial charge in [-0.15, -0.1) is 22.7 Å². The Balaban J connectivity index is 1.32. The Morgan fingerprint density at radius 3 is 1.42 bits per heavy atom. The van der Waals surface area contributed by atoms with Crippen LogP contribution in [0.15, 0.2) is 49.3 Å². The van der Waals surface area contributed by atoms with Crippen LogP contribution in [-0.4, -0.2) is 48.5 Å². The second kappa shape index (κ2) is 11.7. The molecule has 0 saturated carbocycles. The molecule has 0 aliphatic rings. The van der Waals surface area contributed by atoms with Crippen LogP contribution >= 0.6 is 22.7 Å². The monoisotopic (exact) mass is 558 g/mol. The fourth-order valence-electron chi connectivity index (χ4n) is 3.43. The number of hydrogen-bond donors (Lipinski definition) is 0. The number of nitrogens with zero attached hydrogens (tertiary/aromatic N) is 4. The van der Waals surface area contributed by atoms with Crippen molar-refractivity contribution in [2.75, 3.05) is 13.2 Å². The van der Waals surface area contributed by atoms with Gasteiger partial charge in [0.25, 0.3) is 0 Å². The van der Waals surface area contributed by atoms with Crippen molar-refractivity contribution < 1.29 is 9.47 Å². The van der Waals surface area contributed by atoms with Gasteiger partial charge in [0.15, 0.2) is 0 Å². The molecule has 10 heteroatoms. The lowest BCUT2D eigenvalue weighted by Crippen LogP contribution is -2.21. The zero-order valence-electron chi connectivity index (χ0n) is 22.3. The topological polar surface area (TPSA) is 54.1 Å². The van der Waals surface area contributed by atoms with Crippen molar-refractivity contribution in [3.63, 3.8) is 0 Å². The Kier molecular flexibility index (Phi) is 8.85. The van der Waals surface area contributed by atoms with Crippen LogP contribution in [0.25, 0.3) is 30.9 Å². The summed E-state index contributed by atoms with van der Waals surface area (Å²) in [4.78, 5) is 14.0. The highest BCUT2D eigenvalue weighted by atomic mass is 32.1. The fourth-order valence-corrected chi connectivity index (χ4v) is 6.97. The molecule has 194 valence electrons. The van der Waals surface area contributed by atoms with Gasteiger partial charge in [0.05, 0.1) is 33.8 Å². The Hall–Kier alpha value is -1.83. The maximum Gasteiger partial charge on any atom is 0.123 e. The van der Waals surface area contributed by atoms with Gasteiger partial charge in [0.1, 0.15) is 13.5 Å². The molecule has 0 bridgehead atoms. The van der Waals surface area contributed by atoms with E-state index in [-0.39, 0.29) is 0 Å². The van der Waals surface area contributed by atoms with Crippen molar-refractivity contribution in [2.45, 2.75) is 64.8 Å². The Morgan fingerprint density at radius 2 is 1.03 bits per heavy atom. The van der Waals surface area contributed by atoms with Crippen LogP contribution in [0.1, 0.15) is 0 Å². The SMILES string of the molecule is C[Si](C)(C)CCOCn1cnc(-c2ccc(-c3ccc(-c4cn(COCC[Si](C)(C)C)cn4)s3)s2)c1. The summed E-state index contributed by atoms with van der Waals surface area (Å²) in [6.07, 6.45) is 7.86. The second-order valence-electron chi connectivity index (χ2n) is 11.6. The van der Waals surface area contributed by atoms with Gasteiger partial charge >= 0.3 is 0 Å². The van der Waals surface area contributed by atoms with E-state index < -0.39 is 16.1 Å². The molecule has 4 aromatic rings. The molecule has 0 spiro atoms. The molecule has 4 aromatic heterocycles. The zero-order valence-corrected chi connectivity index (χ0v) is 25.9. The normalized spacial score (nSPS) is 12.5. The van der Waals surface area contributed by atoms with E-state index in [0.29, 0.717) is 13.5 Å². The minimum Gasteiger partial charge on any atom is -0.361 e. The lowest BCUT2D eigenvalue weighted by atomic mass is 10.3. The molecule has 0 aliphatic heterocycles. The first kappa shape index (κ1) is 27.2. The average molecular weight is 559 g/mol. The van der Waals surface area contributed by atoms with E-state index in [0.717, 1.165) is 24.6 Å². The first-order valence-corrected chi connectivity index (χ1v) is 21.5. The van der Waals surface area contributed by atoms with E-state index >= 15 is 0 Å². The summed E-state index contributed by atoms with van der Waals surface area (Å²) >= 11 is 3.54. The maximum absolute atomic E-state index is 5.86. The zero-order chi connectivity index (χ0) is 25.8. The Morgan fingerprint density at radius 1 is 0.639 bits per heavy atom. The summed E-state index contributed by atoms with van der Waals surface area (Å²) in [5.74, 6) is 0. The van der Waals surface area contributed by atoms with E-state index in [2.05, 4.69) is 85.9 Å². The van der Waals surface area contributed by atoms with Crippen LogP contribution in [0.5, 0.6) is 0 Å². The van der Waals surface area contributed by atoms with Gasteiger partial charge < -0.3 is 18.6 Å². The van der Waals surface area contributed by atoms with Gasteiger partial charge in [-0.3, -0.25) is 0 Å². The summed E-state index contributed by atoms with van der Waals surface area (Å²) in [6, 6.07) is 11.0. The summed E-state index contributed by atoms with van der Waals surface area (Å²) in [5.41, 5.74) is 1.98. The first-order chi connectivity index (χ1) is 17.1. The van der Waals surface area contributed by atoms with E-state index in [1.807, 2.05) is 21.8 Å². The Bertz CT molecular complexity index is 1150. The van der Waals surface area contributed by atoms with Gasteiger partial charge in [0, 0.05) is 51.5 Å². The van der Waals surface area contributed by atoms with Crippen LogP contribution < -0.4 is 0 Å². The van der Waals surface area contributed by atoms with E-state index in [1.54, 1.807) is 22.7 Å². The summed E-state index contributed by atoms with van der Waals surface area (Å²) in [7, 11) is -2.12. The molecule has 0 atom stereocenters. The highest BCUT2D eigenvalue weighted by molar-refractivity contribution is 7.25. The van der Waals surface area contributed by atoms with Crippen molar-refractivity contribution in [2.24, 2.45) is 0 Å². The smallest absolute Gasteiger partial charge is 0.123 e. The van der Waals surface area contributed by atoms with Gasteiger partial charge in [-0.2, -0.15) is 0 Å². The number of aromatic nitrogens is 4. The minimum absolute atomic E-state index is 0.556. The van der Waals surface area contributed by atoms with Crippen LogP contribution in [0.4, 0.5) is 0 Å². The van der Waals surface area contributed by atoms with Gasteiger partial charge in [0.2, 0.25) is 0 Å². The van der Waals surface area contributed by atoms with Crippen molar-refractivity contribution in [1.29, 1.82) is 0 Å². The largest absolute Gasteiger partial charge is 0.361 e. The predicted molar refractivity (Wildman–Crippen MR) is 158 cm³/mol. The molecule has 0 aliphatic carbocycles. The number of hydrogen-bond acceptors (Lipinski definition) is 6. The number of thiophene rings is 2. The molecule has 0 unspecified atom stereocenters. The van der Waals surface area contributed by atoms with Crippen molar-refractivity contribution in [3.05, 3.63) is 49.3 Å². The van der Waals surface area contributed by atoms with Gasteiger partial charge in [-0.05, 0) is 36.4 Å². The molecular formula is C26H38N4O2S2Si2. The molecule has 6 nitrogen and oxygen atoms in total. The number of rotatable bonds is 13. The van der Waals surface area contributed by atoms with E-state index in [4.69, 9.17) is 9.47 Å². The molecule has 0 fully saturated rings. The standard InChI is InChI=1S/C26H38N4O2S2Si2/c1-35(2,3)13-11-31-19-29-15-21(27-17-29)23-7-9-25(33-23)26-10-8-24(34-26)22-16-30(18-28-22)20-32-12-14-36(4,5)6/h7-10,15-18H,11-14,19-20H2,1-6H3. The van der Waals surface area contributed by atoms with Crippen LogP contribution in [0.2, 0.25) is 51.4 Å². The van der Waals surface area contributed by atoms with Crippen LogP contribution in [0.3, 0.4) is 0 Å². The van der Waals surface area contributed by atoms with Gasteiger partial charge in [-0.25, -0.2) is 9.97 Å². The third-order valence-corrected chi connectivity index (χ3v) is 11.5. The molecule has 0 amide bonds. The fraction of sp³-hybridized carbons (Fsp3) is 0.462. The predicted octanol–water partition coefficient (Wildman–Crippen LogP) is 7.83. The molecule has 4 heterocycles. The third-order valence-electron chi connectivity index (χ3n) is 5.70. The highest BCUT2D eigenvalue weighted by Crippen LogP contribution is 2.39. The third kappa shape index (κ3) is 8.09. The van der Waals surface area contributed by atoms with E-state index in [9.17, 15) is 0 Å². The average Bonchev–Trinajstić information content (AvgIpc) is 3.58. The summed E-state index contributed by atoms with van der Waals surface area (Å²) in [5, 5.41) is 0. The Labute approximate surface area is 225 Å². The molecule has 36 heavy (non-hydrogen) atoms. The van der Waals surface area contributed by atoms with Crippen LogP contribution in [0, 0.1) is 0 Å². The molecule has 0 N–H and O–H groups in total. The molecule has 4 rings (SSSR count). The van der Waals surface area contributed by atoms with Crippen LogP contribution in [-0.2, 0) is 22.9 Å². The summed E-state index contributed by atoms with van der Waals surface area (Å²) in [6.45, 7) is 17.0. The highest BCUT2D eigenvalue weighted by Gasteiger charge is 2.14. The first-order valence-electron chi connectivity index (χ1n) is 12.5. The lowest BCUT2D eigenvalue weighted by Gasteiger charge is -2.15. The molecular weight excluding hydrogens is 521 g/mol. The van der Waals surface area contributed by atoms with Crippen molar-refractivity contribution >= 4 is 38.8 Å². The van der Waals surface area contributed by atoms with Gasteiger partial charge in [-0.1, -0.05) is 39.3 Å². The minimum atomic E-state index is -1.06. The van der Waals surface area contributed by atoms with E-state index in [1.165, 1.54) is 31.6 Å². The molecule has 0 aromatic carbocycles. The number of imidazole rings is 2. The summed E-state index contributed by atoms with van der Waals surface area (Å²) < 4.78 is 15.8. The maximum atomic E-state index is 5.86. The number of ether oxygens (including phenoxy) is 2. The van der Waals surface area contributed by atoms with Crippen molar-refractivity contribution in [3.8, 4) is 30.9 Å². The van der Waals surface area contributed by atoms with Crippen molar-refractivity contribution in [1.82, 2.24) is 19.1 Å².